The summed E-state index contributed by atoms with van der Waals surface area (Å²) in [5, 5.41) is 0. The summed E-state index contributed by atoms with van der Waals surface area (Å²) in [6, 6.07) is 7.12. The van der Waals surface area contributed by atoms with Crippen molar-refractivity contribution in [1.29, 1.82) is 0 Å². The quantitative estimate of drug-likeness (QED) is 0.423. The van der Waals surface area contributed by atoms with Crippen LogP contribution in [-0.2, 0) is 11.2 Å². The van der Waals surface area contributed by atoms with Crippen LogP contribution in [0.5, 0.6) is 0 Å². The molecule has 15 heavy (non-hydrogen) atoms. The van der Waals surface area contributed by atoms with Crippen molar-refractivity contribution in [1.82, 2.24) is 0 Å². The fraction of sp³-hybridized carbons (Fsp3) is 0.417. The molecule has 80 valence electrons. The maximum absolute atomic E-state index is 13.4. The van der Waals surface area contributed by atoms with E-state index in [0.29, 0.717) is 11.5 Å². The molecule has 3 heteroatoms. The van der Waals surface area contributed by atoms with Crippen LogP contribution in [0.2, 0.25) is 0 Å². The van der Waals surface area contributed by atoms with Gasteiger partial charge < -0.3 is 0 Å². The van der Waals surface area contributed by atoms with Gasteiger partial charge >= 0.3 is 0 Å². The van der Waals surface area contributed by atoms with Crippen molar-refractivity contribution in [3.05, 3.63) is 35.4 Å². The van der Waals surface area contributed by atoms with E-state index in [-0.39, 0.29) is 0 Å². The van der Waals surface area contributed by atoms with Gasteiger partial charge in [-0.3, -0.25) is 0 Å². The van der Waals surface area contributed by atoms with Crippen molar-refractivity contribution in [2.45, 2.75) is 26.6 Å². The van der Waals surface area contributed by atoms with E-state index in [4.69, 9.17) is 0 Å². The second-order valence-corrected chi connectivity index (χ2v) is 3.85. The van der Waals surface area contributed by atoms with Crippen molar-refractivity contribution < 1.29 is 9.18 Å². The minimum Gasteiger partial charge on any atom is -0.215 e. The molecule has 1 aromatic carbocycles. The van der Waals surface area contributed by atoms with Gasteiger partial charge in [-0.1, -0.05) is 38.1 Å². The Labute approximate surface area is 88.8 Å². The van der Waals surface area contributed by atoms with E-state index in [9.17, 15) is 9.18 Å². The summed E-state index contributed by atoms with van der Waals surface area (Å²) >= 11 is 0. The van der Waals surface area contributed by atoms with Crippen LogP contribution in [0.1, 0.15) is 31.3 Å². The molecule has 0 radical (unpaired) electrons. The number of hydrogen-bond acceptors (Lipinski definition) is 2. The van der Waals surface area contributed by atoms with Crippen LogP contribution in [0.4, 0.5) is 4.39 Å². The van der Waals surface area contributed by atoms with Crippen molar-refractivity contribution in [2.75, 3.05) is 0 Å². The Balaban J connectivity index is 3.00. The third kappa shape index (κ3) is 3.30. The van der Waals surface area contributed by atoms with Crippen molar-refractivity contribution in [3.8, 4) is 0 Å². The number of halogens is 1. The van der Waals surface area contributed by atoms with Gasteiger partial charge in [0.1, 0.15) is 0 Å². The summed E-state index contributed by atoms with van der Waals surface area (Å²) in [4.78, 5) is 13.1. The lowest BCUT2D eigenvalue weighted by Gasteiger charge is -2.11. The minimum atomic E-state index is -1.59. The molecule has 1 aromatic rings. The third-order valence-corrected chi connectivity index (χ3v) is 2.11. The Hall–Kier alpha value is -1.47. The first-order valence-corrected chi connectivity index (χ1v) is 4.94. The van der Waals surface area contributed by atoms with Crippen LogP contribution in [0, 0.1) is 5.92 Å². The number of nitrogens with zero attached hydrogens (tertiary/aromatic N) is 1. The Morgan fingerprint density at radius 2 is 2.07 bits per heavy atom. The second kappa shape index (κ2) is 5.42. The average Bonchev–Trinajstić information content (AvgIpc) is 2.18. The number of isocyanates is 1. The van der Waals surface area contributed by atoms with Crippen LogP contribution in [0.3, 0.4) is 0 Å². The molecule has 1 atom stereocenters. The standard InChI is InChI=1S/C12H14FNO/c1-9(2)7-10-5-3-4-6-11(10)12(13)14-8-15/h3-6,9,12H,7H2,1-2H3. The lowest BCUT2D eigenvalue weighted by Crippen LogP contribution is -2.00. The highest BCUT2D eigenvalue weighted by Gasteiger charge is 2.12. The Bertz CT molecular complexity index is 370. The van der Waals surface area contributed by atoms with E-state index in [0.717, 1.165) is 12.0 Å². The molecular formula is C12H14FNO. The van der Waals surface area contributed by atoms with Crippen LogP contribution in [-0.4, -0.2) is 6.08 Å². The third-order valence-electron chi connectivity index (χ3n) is 2.11. The van der Waals surface area contributed by atoms with E-state index >= 15 is 0 Å². The molecule has 0 N–H and O–H groups in total. The first kappa shape index (κ1) is 11.6. The van der Waals surface area contributed by atoms with Crippen LogP contribution in [0.15, 0.2) is 29.3 Å². The molecule has 0 heterocycles. The first-order valence-electron chi connectivity index (χ1n) is 4.94. The van der Waals surface area contributed by atoms with Crippen molar-refractivity contribution in [3.63, 3.8) is 0 Å². The summed E-state index contributed by atoms with van der Waals surface area (Å²) in [6.07, 6.45) is 0.444. The van der Waals surface area contributed by atoms with E-state index in [1.54, 1.807) is 12.1 Å². The number of alkyl halides is 1. The number of rotatable bonds is 4. The predicted octanol–water partition coefficient (Wildman–Crippen LogP) is 3.19. The Morgan fingerprint density at radius 1 is 1.40 bits per heavy atom. The van der Waals surface area contributed by atoms with Gasteiger partial charge in [-0.05, 0) is 17.9 Å². The molecule has 0 aliphatic heterocycles. The van der Waals surface area contributed by atoms with Gasteiger partial charge in [-0.25, -0.2) is 9.18 Å². The molecule has 0 aliphatic rings. The molecule has 0 spiro atoms. The summed E-state index contributed by atoms with van der Waals surface area (Å²) in [5.74, 6) is 0.443. The minimum absolute atomic E-state index is 0.443. The average molecular weight is 207 g/mol. The van der Waals surface area contributed by atoms with Gasteiger partial charge in [0.2, 0.25) is 12.4 Å². The zero-order valence-electron chi connectivity index (χ0n) is 8.90. The van der Waals surface area contributed by atoms with E-state index in [1.165, 1.54) is 6.08 Å². The van der Waals surface area contributed by atoms with Gasteiger partial charge in [-0.2, -0.15) is 4.99 Å². The van der Waals surface area contributed by atoms with Crippen LogP contribution >= 0.6 is 0 Å². The normalized spacial score (nSPS) is 12.3. The fourth-order valence-corrected chi connectivity index (χ4v) is 1.51. The lowest BCUT2D eigenvalue weighted by atomic mass is 9.97. The number of aliphatic imine (C=N–C) groups is 1. The molecule has 0 saturated heterocycles. The molecule has 2 nitrogen and oxygen atoms in total. The molecule has 0 aromatic heterocycles. The smallest absolute Gasteiger partial charge is 0.215 e. The van der Waals surface area contributed by atoms with Crippen LogP contribution in [0.25, 0.3) is 0 Å². The summed E-state index contributed by atoms with van der Waals surface area (Å²) in [7, 11) is 0. The first-order chi connectivity index (χ1) is 7.15. The molecule has 0 amide bonds. The van der Waals surface area contributed by atoms with E-state index < -0.39 is 6.30 Å². The largest absolute Gasteiger partial charge is 0.238 e. The van der Waals surface area contributed by atoms with Crippen LogP contribution < -0.4 is 0 Å². The zero-order chi connectivity index (χ0) is 11.3. The molecule has 1 unspecified atom stereocenters. The molecule has 0 fully saturated rings. The molecule has 0 saturated carbocycles. The molecule has 1 rings (SSSR count). The van der Waals surface area contributed by atoms with Crippen molar-refractivity contribution in [2.24, 2.45) is 10.9 Å². The fourth-order valence-electron chi connectivity index (χ4n) is 1.51. The van der Waals surface area contributed by atoms with Gasteiger partial charge in [0.05, 0.1) is 0 Å². The number of hydrogen-bond donors (Lipinski definition) is 0. The SMILES string of the molecule is CC(C)Cc1ccccc1C(F)N=C=O. The molecule has 0 aliphatic carbocycles. The highest BCUT2D eigenvalue weighted by atomic mass is 19.1. The molecule has 0 bridgehead atoms. The van der Waals surface area contributed by atoms with Gasteiger partial charge in [0.25, 0.3) is 0 Å². The van der Waals surface area contributed by atoms with E-state index in [2.05, 4.69) is 18.8 Å². The summed E-state index contributed by atoms with van der Waals surface area (Å²) in [6.45, 7) is 4.13. The summed E-state index contributed by atoms with van der Waals surface area (Å²) < 4.78 is 13.4. The Morgan fingerprint density at radius 3 is 2.67 bits per heavy atom. The number of benzene rings is 1. The van der Waals surface area contributed by atoms with Gasteiger partial charge in [0.15, 0.2) is 0 Å². The number of carbonyl (C=O) groups excluding carboxylic acids is 1. The maximum atomic E-state index is 13.4. The summed E-state index contributed by atoms with van der Waals surface area (Å²) in [5.41, 5.74) is 1.37. The van der Waals surface area contributed by atoms with Gasteiger partial charge in [0, 0.05) is 5.56 Å². The molecular weight excluding hydrogens is 193 g/mol. The Kier molecular flexibility index (Phi) is 4.19. The van der Waals surface area contributed by atoms with E-state index in [1.807, 2.05) is 12.1 Å². The highest BCUT2D eigenvalue weighted by Crippen LogP contribution is 2.24. The topological polar surface area (TPSA) is 29.4 Å². The van der Waals surface area contributed by atoms with Gasteiger partial charge in [-0.15, -0.1) is 0 Å². The highest BCUT2D eigenvalue weighted by molar-refractivity contribution is 5.36. The lowest BCUT2D eigenvalue weighted by molar-refractivity contribution is 0.353. The predicted molar refractivity (Wildman–Crippen MR) is 57.0 cm³/mol. The monoisotopic (exact) mass is 207 g/mol. The van der Waals surface area contributed by atoms with Crippen molar-refractivity contribution >= 4 is 6.08 Å². The zero-order valence-corrected chi connectivity index (χ0v) is 8.90. The maximum Gasteiger partial charge on any atom is 0.238 e. The second-order valence-electron chi connectivity index (χ2n) is 3.85.